The number of fused-ring (bicyclic) bond motifs is 3. The van der Waals surface area contributed by atoms with Crippen LogP contribution in [0.4, 0.5) is 5.69 Å². The number of nitrogens with zero attached hydrogens (tertiary/aromatic N) is 1. The van der Waals surface area contributed by atoms with Crippen molar-refractivity contribution in [1.29, 1.82) is 5.26 Å². The van der Waals surface area contributed by atoms with E-state index in [2.05, 4.69) is 5.32 Å². The molecule has 4 aromatic rings. The lowest BCUT2D eigenvalue weighted by molar-refractivity contribution is -0.118. The molecule has 0 unspecified atom stereocenters. The van der Waals surface area contributed by atoms with Gasteiger partial charge in [0.25, 0.3) is 5.91 Å². The molecule has 0 radical (unpaired) electrons. The van der Waals surface area contributed by atoms with Crippen LogP contribution < -0.4 is 10.1 Å². The SMILES string of the molecule is N#Cc1ccc(OCC(=O)Nc2ccc3oc4ccccc4c3c2)cc1. The predicted molar refractivity (Wildman–Crippen MR) is 99.0 cm³/mol. The van der Waals surface area contributed by atoms with E-state index in [0.717, 1.165) is 21.9 Å². The van der Waals surface area contributed by atoms with Crippen LogP contribution in [-0.2, 0) is 4.79 Å². The van der Waals surface area contributed by atoms with E-state index in [4.69, 9.17) is 14.4 Å². The van der Waals surface area contributed by atoms with Gasteiger partial charge >= 0.3 is 0 Å². The lowest BCUT2D eigenvalue weighted by Crippen LogP contribution is -2.20. The fourth-order valence-corrected chi connectivity index (χ4v) is 2.78. The number of carbonyl (C=O) groups is 1. The molecule has 1 aromatic heterocycles. The maximum absolute atomic E-state index is 12.1. The number of nitriles is 1. The number of hydrogen-bond donors (Lipinski definition) is 1. The van der Waals surface area contributed by atoms with Crippen molar-refractivity contribution >= 4 is 33.5 Å². The van der Waals surface area contributed by atoms with Crippen LogP contribution in [0.25, 0.3) is 21.9 Å². The number of anilines is 1. The summed E-state index contributed by atoms with van der Waals surface area (Å²) in [4.78, 5) is 12.1. The molecule has 3 aromatic carbocycles. The van der Waals surface area contributed by atoms with Gasteiger partial charge in [0.2, 0.25) is 0 Å². The second kappa shape index (κ2) is 6.61. The first-order valence-electron chi connectivity index (χ1n) is 8.07. The Labute approximate surface area is 149 Å². The monoisotopic (exact) mass is 342 g/mol. The van der Waals surface area contributed by atoms with Crippen LogP contribution >= 0.6 is 0 Å². The number of amides is 1. The minimum Gasteiger partial charge on any atom is -0.484 e. The molecule has 0 aliphatic carbocycles. The molecule has 0 saturated heterocycles. The van der Waals surface area contributed by atoms with Crippen molar-refractivity contribution in [3.05, 3.63) is 72.3 Å². The molecular weight excluding hydrogens is 328 g/mol. The average Bonchev–Trinajstić information content (AvgIpc) is 3.05. The quantitative estimate of drug-likeness (QED) is 0.593. The van der Waals surface area contributed by atoms with Gasteiger partial charge in [0.15, 0.2) is 6.61 Å². The van der Waals surface area contributed by atoms with Gasteiger partial charge in [-0.25, -0.2) is 0 Å². The molecule has 0 aliphatic rings. The van der Waals surface area contributed by atoms with Crippen LogP contribution in [-0.4, -0.2) is 12.5 Å². The Morgan fingerprint density at radius 2 is 1.77 bits per heavy atom. The molecule has 26 heavy (non-hydrogen) atoms. The summed E-state index contributed by atoms with van der Waals surface area (Å²) < 4.78 is 11.2. The molecule has 0 saturated carbocycles. The molecular formula is C21H14N2O3. The van der Waals surface area contributed by atoms with E-state index in [0.29, 0.717) is 17.0 Å². The van der Waals surface area contributed by atoms with Crippen LogP contribution in [0.1, 0.15) is 5.56 Å². The molecule has 1 amide bonds. The highest BCUT2D eigenvalue weighted by atomic mass is 16.5. The van der Waals surface area contributed by atoms with Crippen molar-refractivity contribution in [3.8, 4) is 11.8 Å². The highest BCUT2D eigenvalue weighted by molar-refractivity contribution is 6.07. The summed E-state index contributed by atoms with van der Waals surface area (Å²) in [7, 11) is 0. The van der Waals surface area contributed by atoms with E-state index in [-0.39, 0.29) is 12.5 Å². The van der Waals surface area contributed by atoms with E-state index >= 15 is 0 Å². The number of benzene rings is 3. The van der Waals surface area contributed by atoms with Gasteiger partial charge in [0.05, 0.1) is 11.6 Å². The van der Waals surface area contributed by atoms with Crippen LogP contribution in [0.15, 0.2) is 71.1 Å². The largest absolute Gasteiger partial charge is 0.484 e. The summed E-state index contributed by atoms with van der Waals surface area (Å²) in [5, 5.41) is 13.6. The highest BCUT2D eigenvalue weighted by Gasteiger charge is 2.09. The zero-order valence-corrected chi connectivity index (χ0v) is 13.7. The maximum atomic E-state index is 12.1. The molecule has 0 aliphatic heterocycles. The summed E-state index contributed by atoms with van der Waals surface area (Å²) in [6.07, 6.45) is 0. The fraction of sp³-hybridized carbons (Fsp3) is 0.0476. The van der Waals surface area contributed by atoms with Gasteiger partial charge in [-0.2, -0.15) is 5.26 Å². The van der Waals surface area contributed by atoms with E-state index < -0.39 is 0 Å². The summed E-state index contributed by atoms with van der Waals surface area (Å²) >= 11 is 0. The van der Waals surface area contributed by atoms with E-state index in [1.165, 1.54) is 0 Å². The molecule has 0 atom stereocenters. The zero-order valence-electron chi connectivity index (χ0n) is 13.7. The molecule has 5 heteroatoms. The second-order valence-electron chi connectivity index (χ2n) is 5.78. The van der Waals surface area contributed by atoms with Crippen LogP contribution in [0.5, 0.6) is 5.75 Å². The second-order valence-corrected chi connectivity index (χ2v) is 5.78. The van der Waals surface area contributed by atoms with Crippen molar-refractivity contribution < 1.29 is 13.9 Å². The van der Waals surface area contributed by atoms with E-state index in [1.807, 2.05) is 42.5 Å². The van der Waals surface area contributed by atoms with Crippen molar-refractivity contribution in [3.63, 3.8) is 0 Å². The van der Waals surface area contributed by atoms with Crippen LogP contribution in [0.2, 0.25) is 0 Å². The number of para-hydroxylation sites is 1. The van der Waals surface area contributed by atoms with E-state index in [9.17, 15) is 4.79 Å². The summed E-state index contributed by atoms with van der Waals surface area (Å²) in [6, 6.07) is 22.0. The van der Waals surface area contributed by atoms with Gasteiger partial charge in [-0.15, -0.1) is 0 Å². The molecule has 0 bridgehead atoms. The fourth-order valence-electron chi connectivity index (χ4n) is 2.78. The Kier molecular flexibility index (Phi) is 4.00. The van der Waals surface area contributed by atoms with Crippen molar-refractivity contribution in [2.45, 2.75) is 0 Å². The molecule has 1 heterocycles. The Morgan fingerprint density at radius 3 is 2.58 bits per heavy atom. The Hall–Kier alpha value is -3.78. The minimum atomic E-state index is -0.262. The first kappa shape index (κ1) is 15.7. The van der Waals surface area contributed by atoms with Crippen LogP contribution in [0.3, 0.4) is 0 Å². The third-order valence-electron chi connectivity index (χ3n) is 4.01. The topological polar surface area (TPSA) is 75.3 Å². The van der Waals surface area contributed by atoms with Gasteiger partial charge in [-0.3, -0.25) is 4.79 Å². The Morgan fingerprint density at radius 1 is 1.00 bits per heavy atom. The van der Waals surface area contributed by atoms with Gasteiger partial charge in [-0.05, 0) is 48.5 Å². The van der Waals surface area contributed by atoms with Crippen molar-refractivity contribution in [1.82, 2.24) is 0 Å². The van der Waals surface area contributed by atoms with Crippen LogP contribution in [0, 0.1) is 11.3 Å². The number of furan rings is 1. The van der Waals surface area contributed by atoms with Gasteiger partial charge in [-0.1, -0.05) is 18.2 Å². The Balaban J connectivity index is 1.46. The first-order chi connectivity index (χ1) is 12.7. The minimum absolute atomic E-state index is 0.115. The summed E-state index contributed by atoms with van der Waals surface area (Å²) in [6.45, 7) is -0.115. The van der Waals surface area contributed by atoms with E-state index in [1.54, 1.807) is 30.3 Å². The predicted octanol–water partition coefficient (Wildman–Crippen LogP) is 4.48. The normalized spacial score (nSPS) is 10.6. The van der Waals surface area contributed by atoms with Crippen molar-refractivity contribution in [2.75, 3.05) is 11.9 Å². The number of rotatable bonds is 4. The van der Waals surface area contributed by atoms with Crippen molar-refractivity contribution in [2.24, 2.45) is 0 Å². The molecule has 126 valence electrons. The third-order valence-corrected chi connectivity index (χ3v) is 4.01. The zero-order chi connectivity index (χ0) is 17.9. The highest BCUT2D eigenvalue weighted by Crippen LogP contribution is 2.30. The standard InChI is InChI=1S/C21H14N2O3/c22-12-14-5-8-16(9-6-14)25-13-21(24)23-15-7-10-20-18(11-15)17-3-1-2-4-19(17)26-20/h1-11H,13H2,(H,23,24). The molecule has 0 fully saturated rings. The van der Waals surface area contributed by atoms with Gasteiger partial charge in [0, 0.05) is 16.5 Å². The maximum Gasteiger partial charge on any atom is 0.262 e. The molecule has 5 nitrogen and oxygen atoms in total. The van der Waals surface area contributed by atoms with Gasteiger partial charge in [0.1, 0.15) is 16.9 Å². The Bertz CT molecular complexity index is 1140. The number of hydrogen-bond acceptors (Lipinski definition) is 4. The molecule has 1 N–H and O–H groups in total. The average molecular weight is 342 g/mol. The smallest absolute Gasteiger partial charge is 0.262 e. The third kappa shape index (κ3) is 3.08. The summed E-state index contributed by atoms with van der Waals surface area (Å²) in [5.41, 5.74) is 2.81. The molecule has 0 spiro atoms. The first-order valence-corrected chi connectivity index (χ1v) is 8.07. The number of ether oxygens (including phenoxy) is 1. The van der Waals surface area contributed by atoms with Gasteiger partial charge < -0.3 is 14.5 Å². The molecule has 4 rings (SSSR count). The number of nitrogens with one attached hydrogen (secondary N) is 1. The lowest BCUT2D eigenvalue weighted by Gasteiger charge is -2.07. The number of carbonyl (C=O) groups excluding carboxylic acids is 1. The lowest BCUT2D eigenvalue weighted by atomic mass is 10.1. The summed E-state index contributed by atoms with van der Waals surface area (Å²) in [5.74, 6) is 0.275.